The summed E-state index contributed by atoms with van der Waals surface area (Å²) < 4.78 is 0. The Bertz CT molecular complexity index is 425. The Labute approximate surface area is 115 Å². The Hall–Kier alpha value is -0.900. The molecule has 104 valence electrons. The molecule has 0 radical (unpaired) electrons. The topological polar surface area (TPSA) is 35.5 Å². The molecular formula is C16H24N2O. The van der Waals surface area contributed by atoms with E-state index in [4.69, 9.17) is 0 Å². The molecule has 1 unspecified atom stereocenters. The molecule has 0 saturated carbocycles. The van der Waals surface area contributed by atoms with Crippen LogP contribution in [0.3, 0.4) is 0 Å². The third kappa shape index (κ3) is 2.83. The van der Waals surface area contributed by atoms with Crippen molar-refractivity contribution < 1.29 is 5.11 Å². The standard InChI is InChI=1S/C16H24N2O/c19-12-16(18-9-2-7-17-8-10-18)15-6-5-13-3-1-4-14(13)11-15/h5-6,11,16-17,19H,1-4,7-10,12H2. The van der Waals surface area contributed by atoms with Crippen LogP contribution >= 0.6 is 0 Å². The number of benzene rings is 1. The van der Waals surface area contributed by atoms with Crippen molar-refractivity contribution >= 4 is 0 Å². The molecule has 2 aliphatic rings. The minimum Gasteiger partial charge on any atom is -0.394 e. The lowest BCUT2D eigenvalue weighted by Crippen LogP contribution is -2.34. The molecule has 1 aliphatic heterocycles. The van der Waals surface area contributed by atoms with Crippen molar-refractivity contribution in [3.8, 4) is 0 Å². The minimum atomic E-state index is 0.172. The predicted octanol–water partition coefficient (Wildman–Crippen LogP) is 1.50. The fourth-order valence-corrected chi connectivity index (χ4v) is 3.41. The van der Waals surface area contributed by atoms with Gasteiger partial charge in [0.05, 0.1) is 12.6 Å². The van der Waals surface area contributed by atoms with Crippen LogP contribution in [0, 0.1) is 0 Å². The first kappa shape index (κ1) is 13.1. The van der Waals surface area contributed by atoms with Crippen molar-refractivity contribution in [2.45, 2.75) is 31.7 Å². The Kier molecular flexibility index (Phi) is 4.16. The van der Waals surface area contributed by atoms with E-state index in [0.717, 1.165) is 26.2 Å². The molecule has 3 nitrogen and oxygen atoms in total. The van der Waals surface area contributed by atoms with Crippen LogP contribution in [-0.4, -0.2) is 42.8 Å². The smallest absolute Gasteiger partial charge is 0.0628 e. The fraction of sp³-hybridized carbons (Fsp3) is 0.625. The summed E-state index contributed by atoms with van der Waals surface area (Å²) in [6.45, 7) is 4.46. The molecular weight excluding hydrogens is 236 g/mol. The zero-order chi connectivity index (χ0) is 13.1. The van der Waals surface area contributed by atoms with Gasteiger partial charge in [-0.05, 0) is 48.9 Å². The summed E-state index contributed by atoms with van der Waals surface area (Å²) in [5.41, 5.74) is 4.31. The van der Waals surface area contributed by atoms with Gasteiger partial charge in [-0.1, -0.05) is 18.2 Å². The van der Waals surface area contributed by atoms with E-state index in [-0.39, 0.29) is 12.6 Å². The minimum absolute atomic E-state index is 0.172. The summed E-state index contributed by atoms with van der Waals surface area (Å²) in [4.78, 5) is 2.43. The Morgan fingerprint density at radius 2 is 2.00 bits per heavy atom. The largest absolute Gasteiger partial charge is 0.394 e. The maximum atomic E-state index is 9.81. The number of aliphatic hydroxyl groups is 1. The summed E-state index contributed by atoms with van der Waals surface area (Å²) in [6.07, 6.45) is 4.90. The highest BCUT2D eigenvalue weighted by atomic mass is 16.3. The summed E-state index contributed by atoms with van der Waals surface area (Å²) in [7, 11) is 0. The molecule has 0 aromatic heterocycles. The molecule has 1 saturated heterocycles. The van der Waals surface area contributed by atoms with Crippen molar-refractivity contribution in [2.75, 3.05) is 32.8 Å². The second kappa shape index (κ2) is 6.04. The van der Waals surface area contributed by atoms with Crippen molar-refractivity contribution in [1.29, 1.82) is 0 Å². The fourth-order valence-electron chi connectivity index (χ4n) is 3.41. The number of hydrogen-bond acceptors (Lipinski definition) is 3. The summed E-state index contributed by atoms with van der Waals surface area (Å²) in [6, 6.07) is 7.01. The van der Waals surface area contributed by atoms with Gasteiger partial charge in [-0.2, -0.15) is 0 Å². The number of nitrogens with zero attached hydrogens (tertiary/aromatic N) is 1. The highest BCUT2D eigenvalue weighted by Gasteiger charge is 2.22. The van der Waals surface area contributed by atoms with Crippen molar-refractivity contribution in [3.05, 3.63) is 34.9 Å². The Morgan fingerprint density at radius 1 is 1.11 bits per heavy atom. The molecule has 3 rings (SSSR count). The molecule has 1 atom stereocenters. The molecule has 19 heavy (non-hydrogen) atoms. The molecule has 1 aromatic carbocycles. The van der Waals surface area contributed by atoms with Crippen LogP contribution < -0.4 is 5.32 Å². The lowest BCUT2D eigenvalue weighted by molar-refractivity contribution is 0.130. The van der Waals surface area contributed by atoms with Gasteiger partial charge in [-0.25, -0.2) is 0 Å². The van der Waals surface area contributed by atoms with Gasteiger partial charge in [-0.3, -0.25) is 4.90 Å². The van der Waals surface area contributed by atoms with Gasteiger partial charge in [0.25, 0.3) is 0 Å². The normalized spacial score (nSPS) is 21.9. The highest BCUT2D eigenvalue weighted by molar-refractivity contribution is 5.36. The lowest BCUT2D eigenvalue weighted by Gasteiger charge is -2.29. The summed E-state index contributed by atoms with van der Waals surface area (Å²) in [5.74, 6) is 0. The zero-order valence-electron chi connectivity index (χ0n) is 11.6. The molecule has 1 aliphatic carbocycles. The van der Waals surface area contributed by atoms with Crippen molar-refractivity contribution in [3.63, 3.8) is 0 Å². The van der Waals surface area contributed by atoms with Gasteiger partial charge in [-0.15, -0.1) is 0 Å². The molecule has 2 N–H and O–H groups in total. The number of rotatable bonds is 3. The predicted molar refractivity (Wildman–Crippen MR) is 77.4 cm³/mol. The molecule has 0 bridgehead atoms. The second-order valence-corrected chi connectivity index (χ2v) is 5.72. The maximum Gasteiger partial charge on any atom is 0.0628 e. The van der Waals surface area contributed by atoms with Crippen molar-refractivity contribution in [1.82, 2.24) is 10.2 Å². The van der Waals surface area contributed by atoms with Crippen LogP contribution in [0.1, 0.15) is 35.6 Å². The Balaban J connectivity index is 1.80. The molecule has 1 fully saturated rings. The van der Waals surface area contributed by atoms with Crippen molar-refractivity contribution in [2.24, 2.45) is 0 Å². The van der Waals surface area contributed by atoms with Gasteiger partial charge < -0.3 is 10.4 Å². The number of aliphatic hydroxyl groups excluding tert-OH is 1. The Morgan fingerprint density at radius 3 is 2.89 bits per heavy atom. The highest BCUT2D eigenvalue weighted by Crippen LogP contribution is 2.28. The number of aryl methyl sites for hydroxylation is 2. The van der Waals surface area contributed by atoms with E-state index in [1.807, 2.05) is 0 Å². The van der Waals surface area contributed by atoms with E-state index in [0.29, 0.717) is 0 Å². The first-order chi connectivity index (χ1) is 9.38. The molecule has 0 spiro atoms. The van der Waals surface area contributed by atoms with Gasteiger partial charge >= 0.3 is 0 Å². The quantitative estimate of drug-likeness (QED) is 0.864. The first-order valence-corrected chi connectivity index (χ1v) is 7.56. The third-order valence-corrected chi connectivity index (χ3v) is 4.50. The molecule has 0 amide bonds. The summed E-state index contributed by atoms with van der Waals surface area (Å²) >= 11 is 0. The van der Waals surface area contributed by atoms with Crippen LogP contribution in [0.2, 0.25) is 0 Å². The van der Waals surface area contributed by atoms with Crippen LogP contribution in [0.5, 0.6) is 0 Å². The van der Waals surface area contributed by atoms with E-state index < -0.39 is 0 Å². The number of hydrogen-bond donors (Lipinski definition) is 2. The van der Waals surface area contributed by atoms with Crippen LogP contribution in [-0.2, 0) is 12.8 Å². The SMILES string of the molecule is OCC(c1ccc2c(c1)CCC2)N1CCCNCC1. The second-order valence-electron chi connectivity index (χ2n) is 5.72. The van der Waals surface area contributed by atoms with Crippen LogP contribution in [0.25, 0.3) is 0 Å². The maximum absolute atomic E-state index is 9.81. The van der Waals surface area contributed by atoms with Gasteiger partial charge in [0, 0.05) is 19.6 Å². The van der Waals surface area contributed by atoms with E-state index in [1.54, 1.807) is 0 Å². The van der Waals surface area contributed by atoms with E-state index in [2.05, 4.69) is 28.4 Å². The monoisotopic (exact) mass is 260 g/mol. The van der Waals surface area contributed by atoms with Gasteiger partial charge in [0.1, 0.15) is 0 Å². The van der Waals surface area contributed by atoms with E-state index >= 15 is 0 Å². The molecule has 3 heteroatoms. The zero-order valence-corrected chi connectivity index (χ0v) is 11.6. The summed E-state index contributed by atoms with van der Waals surface area (Å²) in [5, 5.41) is 13.2. The van der Waals surface area contributed by atoms with E-state index in [1.165, 1.54) is 42.4 Å². The lowest BCUT2D eigenvalue weighted by atomic mass is 10.00. The van der Waals surface area contributed by atoms with Gasteiger partial charge in [0.2, 0.25) is 0 Å². The van der Waals surface area contributed by atoms with E-state index in [9.17, 15) is 5.11 Å². The van der Waals surface area contributed by atoms with Crippen LogP contribution in [0.4, 0.5) is 0 Å². The third-order valence-electron chi connectivity index (χ3n) is 4.50. The molecule has 1 aromatic rings. The van der Waals surface area contributed by atoms with Crippen LogP contribution in [0.15, 0.2) is 18.2 Å². The number of nitrogens with one attached hydrogen (secondary N) is 1. The number of fused-ring (bicyclic) bond motifs is 1. The first-order valence-electron chi connectivity index (χ1n) is 7.56. The average Bonchev–Trinajstić information content (AvgIpc) is 2.74. The molecule has 1 heterocycles. The average molecular weight is 260 g/mol. The van der Waals surface area contributed by atoms with Gasteiger partial charge in [0.15, 0.2) is 0 Å².